The van der Waals surface area contributed by atoms with Gasteiger partial charge in [-0.25, -0.2) is 0 Å². The molecule has 0 radical (unpaired) electrons. The Bertz CT molecular complexity index is 308. The predicted octanol–water partition coefficient (Wildman–Crippen LogP) is 0.841. The van der Waals surface area contributed by atoms with Crippen molar-refractivity contribution in [3.05, 3.63) is 39.9 Å². The van der Waals surface area contributed by atoms with E-state index in [4.69, 9.17) is 0 Å². The van der Waals surface area contributed by atoms with Crippen molar-refractivity contribution in [3.8, 4) is 0 Å². The standard InChI is InChI=1S/C8H8N2O3/c11-6-9-5-7-1-3-8(4-2-7)10(12)13/h1-4,6H,5H2,(H,9,11). The molecule has 1 aromatic rings. The molecule has 13 heavy (non-hydrogen) atoms. The lowest BCUT2D eigenvalue weighted by Crippen LogP contribution is -2.09. The molecule has 0 unspecified atom stereocenters. The van der Waals surface area contributed by atoms with Gasteiger partial charge in [0.1, 0.15) is 0 Å². The quantitative estimate of drug-likeness (QED) is 0.424. The van der Waals surface area contributed by atoms with E-state index in [0.717, 1.165) is 5.56 Å². The van der Waals surface area contributed by atoms with E-state index in [0.29, 0.717) is 13.0 Å². The third kappa shape index (κ3) is 2.55. The molecule has 0 saturated carbocycles. The molecule has 1 rings (SSSR count). The topological polar surface area (TPSA) is 72.2 Å². The van der Waals surface area contributed by atoms with Gasteiger partial charge in [0.15, 0.2) is 0 Å². The van der Waals surface area contributed by atoms with E-state index in [2.05, 4.69) is 5.32 Å². The van der Waals surface area contributed by atoms with Crippen LogP contribution in [0.4, 0.5) is 5.69 Å². The van der Waals surface area contributed by atoms with Crippen LogP contribution in [0, 0.1) is 10.1 Å². The molecular formula is C8H8N2O3. The molecule has 5 nitrogen and oxygen atoms in total. The first kappa shape index (κ1) is 9.18. The maximum Gasteiger partial charge on any atom is 0.269 e. The van der Waals surface area contributed by atoms with Gasteiger partial charge >= 0.3 is 0 Å². The van der Waals surface area contributed by atoms with Gasteiger partial charge in [-0.2, -0.15) is 0 Å². The van der Waals surface area contributed by atoms with Crippen LogP contribution in [0.2, 0.25) is 0 Å². The molecule has 0 aromatic heterocycles. The van der Waals surface area contributed by atoms with Crippen molar-refractivity contribution in [2.24, 2.45) is 0 Å². The van der Waals surface area contributed by atoms with Crippen LogP contribution in [0.5, 0.6) is 0 Å². The molecular weight excluding hydrogens is 172 g/mol. The molecule has 0 aliphatic carbocycles. The van der Waals surface area contributed by atoms with Gasteiger partial charge in [0.2, 0.25) is 6.41 Å². The Balaban J connectivity index is 2.69. The third-order valence-corrected chi connectivity index (χ3v) is 1.54. The van der Waals surface area contributed by atoms with E-state index in [9.17, 15) is 14.9 Å². The molecule has 1 aromatic carbocycles. The van der Waals surface area contributed by atoms with Crippen LogP contribution in [0.3, 0.4) is 0 Å². The number of non-ortho nitro benzene ring substituents is 1. The average molecular weight is 180 g/mol. The minimum Gasteiger partial charge on any atom is -0.355 e. The summed E-state index contributed by atoms with van der Waals surface area (Å²) < 4.78 is 0. The zero-order valence-electron chi connectivity index (χ0n) is 6.77. The monoisotopic (exact) mass is 180 g/mol. The van der Waals surface area contributed by atoms with Crippen LogP contribution in [0.1, 0.15) is 5.56 Å². The van der Waals surface area contributed by atoms with Crippen molar-refractivity contribution >= 4 is 12.1 Å². The number of carbonyl (C=O) groups excluding carboxylic acids is 1. The maximum atomic E-state index is 10.3. The molecule has 0 spiro atoms. The van der Waals surface area contributed by atoms with Crippen molar-refractivity contribution in [1.29, 1.82) is 0 Å². The summed E-state index contributed by atoms with van der Waals surface area (Å²) in [6.45, 7) is 0.390. The molecule has 1 amide bonds. The molecule has 0 bridgehead atoms. The lowest BCUT2D eigenvalue weighted by Gasteiger charge is -1.98. The highest BCUT2D eigenvalue weighted by atomic mass is 16.6. The number of benzene rings is 1. The Kier molecular flexibility index (Phi) is 2.97. The number of nitro groups is 1. The van der Waals surface area contributed by atoms with Crippen LogP contribution < -0.4 is 5.32 Å². The first-order valence-corrected chi connectivity index (χ1v) is 3.64. The number of rotatable bonds is 4. The summed E-state index contributed by atoms with van der Waals surface area (Å²) in [4.78, 5) is 19.7. The Labute approximate surface area is 74.5 Å². The molecule has 0 atom stereocenters. The SMILES string of the molecule is O=CNCc1ccc([N+](=O)[O-])cc1. The number of nitrogens with zero attached hydrogens (tertiary/aromatic N) is 1. The number of nitro benzene ring substituents is 1. The van der Waals surface area contributed by atoms with Crippen molar-refractivity contribution < 1.29 is 9.72 Å². The molecule has 0 fully saturated rings. The number of hydrogen-bond donors (Lipinski definition) is 1. The summed E-state index contributed by atoms with van der Waals surface area (Å²) in [5.74, 6) is 0. The Morgan fingerprint density at radius 2 is 2.00 bits per heavy atom. The van der Waals surface area contributed by atoms with Gasteiger partial charge in [-0.1, -0.05) is 12.1 Å². The summed E-state index contributed by atoms with van der Waals surface area (Å²) in [5, 5.41) is 12.7. The van der Waals surface area contributed by atoms with Crippen molar-refractivity contribution in [3.63, 3.8) is 0 Å². The molecule has 0 aliphatic rings. The van der Waals surface area contributed by atoms with Crippen molar-refractivity contribution in [2.45, 2.75) is 6.54 Å². The summed E-state index contributed by atoms with van der Waals surface area (Å²) in [6, 6.07) is 6.02. The number of amides is 1. The number of carbonyl (C=O) groups is 1. The smallest absolute Gasteiger partial charge is 0.269 e. The normalized spacial score (nSPS) is 9.23. The molecule has 0 heterocycles. The van der Waals surface area contributed by atoms with Gasteiger partial charge in [0.25, 0.3) is 5.69 Å². The third-order valence-electron chi connectivity index (χ3n) is 1.54. The first-order valence-electron chi connectivity index (χ1n) is 3.64. The highest BCUT2D eigenvalue weighted by Crippen LogP contribution is 2.11. The van der Waals surface area contributed by atoms with Crippen LogP contribution >= 0.6 is 0 Å². The lowest BCUT2D eigenvalue weighted by atomic mass is 10.2. The summed E-state index contributed by atoms with van der Waals surface area (Å²) >= 11 is 0. The highest BCUT2D eigenvalue weighted by molar-refractivity contribution is 5.46. The van der Waals surface area contributed by atoms with E-state index < -0.39 is 4.92 Å². The Hall–Kier alpha value is -1.91. The molecule has 0 aliphatic heterocycles. The fraction of sp³-hybridized carbons (Fsp3) is 0.125. The van der Waals surface area contributed by atoms with Crippen molar-refractivity contribution in [2.75, 3.05) is 0 Å². The van der Waals surface area contributed by atoms with Gasteiger partial charge in [-0.3, -0.25) is 14.9 Å². The fourth-order valence-corrected chi connectivity index (χ4v) is 0.895. The zero-order chi connectivity index (χ0) is 9.68. The minimum atomic E-state index is -0.461. The van der Waals surface area contributed by atoms with E-state index in [1.807, 2.05) is 0 Å². The van der Waals surface area contributed by atoms with Gasteiger partial charge in [-0.05, 0) is 5.56 Å². The van der Waals surface area contributed by atoms with E-state index in [1.165, 1.54) is 12.1 Å². The maximum absolute atomic E-state index is 10.3. The molecule has 0 saturated heterocycles. The first-order chi connectivity index (χ1) is 6.24. The molecule has 5 heteroatoms. The second-order valence-electron chi connectivity index (χ2n) is 2.42. The average Bonchev–Trinajstić information content (AvgIpc) is 2.15. The predicted molar refractivity (Wildman–Crippen MR) is 46.0 cm³/mol. The zero-order valence-corrected chi connectivity index (χ0v) is 6.77. The second-order valence-corrected chi connectivity index (χ2v) is 2.42. The van der Waals surface area contributed by atoms with Crippen LogP contribution in [-0.2, 0) is 11.3 Å². The fourth-order valence-electron chi connectivity index (χ4n) is 0.895. The number of nitrogens with one attached hydrogen (secondary N) is 1. The number of hydrogen-bond acceptors (Lipinski definition) is 3. The Morgan fingerprint density at radius 3 is 2.46 bits per heavy atom. The van der Waals surface area contributed by atoms with Gasteiger partial charge in [0.05, 0.1) is 4.92 Å². The van der Waals surface area contributed by atoms with E-state index in [-0.39, 0.29) is 5.69 Å². The summed E-state index contributed by atoms with van der Waals surface area (Å²) in [5.41, 5.74) is 0.882. The van der Waals surface area contributed by atoms with Crippen LogP contribution in [-0.4, -0.2) is 11.3 Å². The lowest BCUT2D eigenvalue weighted by molar-refractivity contribution is -0.384. The van der Waals surface area contributed by atoms with Gasteiger partial charge < -0.3 is 5.32 Å². The summed E-state index contributed by atoms with van der Waals surface area (Å²) in [7, 11) is 0. The largest absolute Gasteiger partial charge is 0.355 e. The minimum absolute atomic E-state index is 0.0508. The molecule has 1 N–H and O–H groups in total. The van der Waals surface area contributed by atoms with Crippen molar-refractivity contribution in [1.82, 2.24) is 5.32 Å². The van der Waals surface area contributed by atoms with Gasteiger partial charge in [0, 0.05) is 18.7 Å². The molecule has 68 valence electrons. The van der Waals surface area contributed by atoms with E-state index >= 15 is 0 Å². The Morgan fingerprint density at radius 1 is 1.38 bits per heavy atom. The van der Waals surface area contributed by atoms with Gasteiger partial charge in [-0.15, -0.1) is 0 Å². The highest BCUT2D eigenvalue weighted by Gasteiger charge is 2.02. The summed E-state index contributed by atoms with van der Waals surface area (Å²) in [6.07, 6.45) is 0.585. The van der Waals surface area contributed by atoms with E-state index in [1.54, 1.807) is 12.1 Å². The van der Waals surface area contributed by atoms with Crippen LogP contribution in [0.15, 0.2) is 24.3 Å². The second kappa shape index (κ2) is 4.20. The van der Waals surface area contributed by atoms with Crippen LogP contribution in [0.25, 0.3) is 0 Å².